The average molecular weight is 268 g/mol. The lowest BCUT2D eigenvalue weighted by atomic mass is 10.1. The summed E-state index contributed by atoms with van der Waals surface area (Å²) in [6.07, 6.45) is 9.82. The van der Waals surface area contributed by atoms with Gasteiger partial charge in [0, 0.05) is 18.6 Å². The smallest absolute Gasteiger partial charge is 0.0594 e. The van der Waals surface area contributed by atoms with E-state index in [0.29, 0.717) is 18.2 Å². The highest BCUT2D eigenvalue weighted by molar-refractivity contribution is 4.76. The van der Waals surface area contributed by atoms with E-state index >= 15 is 0 Å². The van der Waals surface area contributed by atoms with Gasteiger partial charge in [-0.3, -0.25) is 0 Å². The SMILES string of the molecule is CC(C)N1CCCC(NCCOC2CCCC2)CC1. The molecule has 1 heterocycles. The number of ether oxygens (including phenoxy) is 1. The Bertz CT molecular complexity index is 239. The minimum Gasteiger partial charge on any atom is -0.377 e. The first-order valence-electron chi connectivity index (χ1n) is 8.34. The molecule has 1 aliphatic carbocycles. The lowest BCUT2D eigenvalue weighted by molar-refractivity contribution is 0.0588. The highest BCUT2D eigenvalue weighted by Gasteiger charge is 2.18. The largest absolute Gasteiger partial charge is 0.377 e. The Balaban J connectivity index is 1.55. The second kappa shape index (κ2) is 8.23. The molecule has 1 atom stereocenters. The maximum atomic E-state index is 5.91. The molecule has 0 bridgehead atoms. The molecule has 1 unspecified atom stereocenters. The van der Waals surface area contributed by atoms with E-state index in [1.54, 1.807) is 0 Å². The molecule has 2 rings (SSSR count). The monoisotopic (exact) mass is 268 g/mol. The number of hydrogen-bond donors (Lipinski definition) is 1. The van der Waals surface area contributed by atoms with Gasteiger partial charge < -0.3 is 15.0 Å². The zero-order chi connectivity index (χ0) is 13.5. The van der Waals surface area contributed by atoms with Crippen LogP contribution in [0.2, 0.25) is 0 Å². The van der Waals surface area contributed by atoms with Crippen molar-refractivity contribution in [2.24, 2.45) is 0 Å². The molecule has 0 spiro atoms. The first-order chi connectivity index (χ1) is 9.25. The zero-order valence-electron chi connectivity index (χ0n) is 12.9. The van der Waals surface area contributed by atoms with Crippen molar-refractivity contribution >= 4 is 0 Å². The summed E-state index contributed by atoms with van der Waals surface area (Å²) in [6, 6.07) is 1.40. The van der Waals surface area contributed by atoms with Gasteiger partial charge in [0.15, 0.2) is 0 Å². The summed E-state index contributed by atoms with van der Waals surface area (Å²) in [5.74, 6) is 0. The molecule has 112 valence electrons. The van der Waals surface area contributed by atoms with Crippen LogP contribution in [0.3, 0.4) is 0 Å². The molecule has 0 aromatic rings. The summed E-state index contributed by atoms with van der Waals surface area (Å²) in [6.45, 7) is 9.07. The number of nitrogens with one attached hydrogen (secondary N) is 1. The van der Waals surface area contributed by atoms with Gasteiger partial charge in [0.05, 0.1) is 12.7 Å². The molecule has 2 fully saturated rings. The van der Waals surface area contributed by atoms with Gasteiger partial charge in [-0.15, -0.1) is 0 Å². The number of rotatable bonds is 6. The maximum absolute atomic E-state index is 5.91. The predicted octanol–water partition coefficient (Wildman–Crippen LogP) is 2.80. The Labute approximate surface area is 119 Å². The van der Waals surface area contributed by atoms with Gasteiger partial charge in [0.2, 0.25) is 0 Å². The Kier molecular flexibility index (Phi) is 6.62. The summed E-state index contributed by atoms with van der Waals surface area (Å²) in [5.41, 5.74) is 0. The van der Waals surface area contributed by atoms with E-state index < -0.39 is 0 Å². The van der Waals surface area contributed by atoms with Crippen LogP contribution in [-0.4, -0.2) is 49.3 Å². The fraction of sp³-hybridized carbons (Fsp3) is 1.00. The van der Waals surface area contributed by atoms with Crippen LogP contribution in [-0.2, 0) is 4.74 Å². The molecule has 0 radical (unpaired) electrons. The molecular weight excluding hydrogens is 236 g/mol. The van der Waals surface area contributed by atoms with Gasteiger partial charge in [-0.25, -0.2) is 0 Å². The quantitative estimate of drug-likeness (QED) is 0.750. The molecule has 0 amide bonds. The number of likely N-dealkylation sites (tertiary alicyclic amines) is 1. The number of nitrogens with zero attached hydrogens (tertiary/aromatic N) is 1. The first-order valence-corrected chi connectivity index (χ1v) is 8.34. The average Bonchev–Trinajstić information content (AvgIpc) is 2.79. The zero-order valence-corrected chi connectivity index (χ0v) is 12.9. The van der Waals surface area contributed by atoms with E-state index in [0.717, 1.165) is 13.2 Å². The molecule has 3 nitrogen and oxygen atoms in total. The topological polar surface area (TPSA) is 24.5 Å². The Hall–Kier alpha value is -0.120. The molecule has 0 aromatic carbocycles. The maximum Gasteiger partial charge on any atom is 0.0594 e. The summed E-state index contributed by atoms with van der Waals surface area (Å²) in [7, 11) is 0. The van der Waals surface area contributed by atoms with E-state index in [2.05, 4.69) is 24.1 Å². The summed E-state index contributed by atoms with van der Waals surface area (Å²) in [4.78, 5) is 2.61. The van der Waals surface area contributed by atoms with Crippen LogP contribution in [0.25, 0.3) is 0 Å². The molecular formula is C16H32N2O. The van der Waals surface area contributed by atoms with Gasteiger partial charge in [-0.1, -0.05) is 12.8 Å². The van der Waals surface area contributed by atoms with Crippen molar-refractivity contribution in [1.82, 2.24) is 10.2 Å². The van der Waals surface area contributed by atoms with E-state index in [1.165, 1.54) is 58.0 Å². The lowest BCUT2D eigenvalue weighted by Gasteiger charge is -2.24. The molecule has 1 saturated heterocycles. The predicted molar refractivity (Wildman–Crippen MR) is 80.6 cm³/mol. The van der Waals surface area contributed by atoms with Crippen LogP contribution in [0.1, 0.15) is 58.8 Å². The van der Waals surface area contributed by atoms with Crippen LogP contribution < -0.4 is 5.32 Å². The standard InChI is InChI=1S/C16H32N2O/c1-14(2)18-11-5-6-15(9-12-18)17-10-13-19-16-7-3-4-8-16/h14-17H,3-13H2,1-2H3. The summed E-state index contributed by atoms with van der Waals surface area (Å²) < 4.78 is 5.91. The molecule has 1 N–H and O–H groups in total. The molecule has 0 aromatic heterocycles. The first kappa shape index (κ1) is 15.3. The third kappa shape index (κ3) is 5.41. The minimum atomic E-state index is 0.562. The molecule has 1 aliphatic heterocycles. The molecule has 1 saturated carbocycles. The Morgan fingerprint density at radius 2 is 1.84 bits per heavy atom. The van der Waals surface area contributed by atoms with Crippen LogP contribution >= 0.6 is 0 Å². The third-order valence-corrected chi connectivity index (χ3v) is 4.68. The van der Waals surface area contributed by atoms with E-state index in [9.17, 15) is 0 Å². The summed E-state index contributed by atoms with van der Waals surface area (Å²) in [5, 5.41) is 3.69. The van der Waals surface area contributed by atoms with Crippen molar-refractivity contribution in [1.29, 1.82) is 0 Å². The second-order valence-electron chi connectivity index (χ2n) is 6.49. The van der Waals surface area contributed by atoms with Crippen LogP contribution in [0.15, 0.2) is 0 Å². The van der Waals surface area contributed by atoms with Gasteiger partial charge in [0.25, 0.3) is 0 Å². The fourth-order valence-corrected chi connectivity index (χ4v) is 3.38. The molecule has 19 heavy (non-hydrogen) atoms. The van der Waals surface area contributed by atoms with Gasteiger partial charge >= 0.3 is 0 Å². The fourth-order valence-electron chi connectivity index (χ4n) is 3.38. The lowest BCUT2D eigenvalue weighted by Crippen LogP contribution is -2.35. The second-order valence-corrected chi connectivity index (χ2v) is 6.49. The van der Waals surface area contributed by atoms with Crippen molar-refractivity contribution in [2.75, 3.05) is 26.2 Å². The molecule has 2 aliphatic rings. The number of hydrogen-bond acceptors (Lipinski definition) is 3. The van der Waals surface area contributed by atoms with Crippen molar-refractivity contribution in [3.05, 3.63) is 0 Å². The van der Waals surface area contributed by atoms with E-state index in [1.807, 2.05) is 0 Å². The van der Waals surface area contributed by atoms with Crippen molar-refractivity contribution in [3.63, 3.8) is 0 Å². The van der Waals surface area contributed by atoms with Crippen LogP contribution in [0.5, 0.6) is 0 Å². The van der Waals surface area contributed by atoms with Crippen LogP contribution in [0.4, 0.5) is 0 Å². The minimum absolute atomic E-state index is 0.562. The van der Waals surface area contributed by atoms with Crippen molar-refractivity contribution in [2.45, 2.75) is 77.0 Å². The van der Waals surface area contributed by atoms with Gasteiger partial charge in [-0.05, 0) is 59.0 Å². The van der Waals surface area contributed by atoms with Gasteiger partial charge in [-0.2, -0.15) is 0 Å². The van der Waals surface area contributed by atoms with Crippen LogP contribution in [0, 0.1) is 0 Å². The van der Waals surface area contributed by atoms with Gasteiger partial charge in [0.1, 0.15) is 0 Å². The highest BCUT2D eigenvalue weighted by atomic mass is 16.5. The van der Waals surface area contributed by atoms with E-state index in [-0.39, 0.29) is 0 Å². The summed E-state index contributed by atoms with van der Waals surface area (Å²) >= 11 is 0. The third-order valence-electron chi connectivity index (χ3n) is 4.68. The highest BCUT2D eigenvalue weighted by Crippen LogP contribution is 2.20. The van der Waals surface area contributed by atoms with E-state index in [4.69, 9.17) is 4.74 Å². The Morgan fingerprint density at radius 3 is 2.58 bits per heavy atom. The normalized spacial score (nSPS) is 27.0. The Morgan fingerprint density at radius 1 is 1.05 bits per heavy atom. The van der Waals surface area contributed by atoms with Crippen molar-refractivity contribution < 1.29 is 4.74 Å². The molecule has 3 heteroatoms. The van der Waals surface area contributed by atoms with Crippen molar-refractivity contribution in [3.8, 4) is 0 Å².